The molecule has 26 heavy (non-hydrogen) atoms. The Kier molecular flexibility index (Phi) is 5.76. The van der Waals surface area contributed by atoms with E-state index in [0.29, 0.717) is 13.1 Å². The SMILES string of the molecule is CCc1ccc(C(C)NC(=O)N2CCN(c3ccc(F)cc3)CC2)cc1. The van der Waals surface area contributed by atoms with Crippen molar-refractivity contribution in [2.75, 3.05) is 31.1 Å². The van der Waals surface area contributed by atoms with Gasteiger partial charge in [0.1, 0.15) is 5.82 Å². The molecule has 2 aromatic rings. The van der Waals surface area contributed by atoms with Crippen molar-refractivity contribution in [1.82, 2.24) is 10.2 Å². The van der Waals surface area contributed by atoms with E-state index in [0.717, 1.165) is 30.8 Å². The van der Waals surface area contributed by atoms with Gasteiger partial charge in [0.05, 0.1) is 6.04 Å². The van der Waals surface area contributed by atoms with Crippen molar-refractivity contribution in [2.45, 2.75) is 26.3 Å². The van der Waals surface area contributed by atoms with Gasteiger partial charge in [-0.3, -0.25) is 0 Å². The third-order valence-electron chi connectivity index (χ3n) is 4.99. The third kappa shape index (κ3) is 4.34. The van der Waals surface area contributed by atoms with Crippen molar-refractivity contribution in [1.29, 1.82) is 0 Å². The summed E-state index contributed by atoms with van der Waals surface area (Å²) in [5.41, 5.74) is 3.40. The molecule has 0 aromatic heterocycles. The molecule has 1 atom stereocenters. The van der Waals surface area contributed by atoms with Crippen LogP contribution in [-0.2, 0) is 6.42 Å². The topological polar surface area (TPSA) is 35.6 Å². The number of halogens is 1. The summed E-state index contributed by atoms with van der Waals surface area (Å²) >= 11 is 0. The van der Waals surface area contributed by atoms with E-state index in [4.69, 9.17) is 0 Å². The number of carbonyl (C=O) groups is 1. The minimum Gasteiger partial charge on any atom is -0.368 e. The van der Waals surface area contributed by atoms with Gasteiger partial charge in [0.2, 0.25) is 0 Å². The summed E-state index contributed by atoms with van der Waals surface area (Å²) in [7, 11) is 0. The standard InChI is InChI=1S/C21H26FN3O/c1-3-17-4-6-18(7-5-17)16(2)23-21(26)25-14-12-24(13-15-25)20-10-8-19(22)9-11-20/h4-11,16H,3,12-15H2,1-2H3,(H,23,26). The highest BCUT2D eigenvalue weighted by Gasteiger charge is 2.22. The maximum absolute atomic E-state index is 13.0. The number of aryl methyl sites for hydroxylation is 1. The highest BCUT2D eigenvalue weighted by molar-refractivity contribution is 5.75. The van der Waals surface area contributed by atoms with Gasteiger partial charge in [-0.2, -0.15) is 0 Å². The first-order valence-electron chi connectivity index (χ1n) is 9.21. The molecule has 0 radical (unpaired) electrons. The monoisotopic (exact) mass is 355 g/mol. The van der Waals surface area contributed by atoms with E-state index in [1.807, 2.05) is 11.8 Å². The highest BCUT2D eigenvalue weighted by Crippen LogP contribution is 2.18. The summed E-state index contributed by atoms with van der Waals surface area (Å²) in [6.45, 7) is 6.95. The van der Waals surface area contributed by atoms with Gasteiger partial charge in [-0.1, -0.05) is 31.2 Å². The van der Waals surface area contributed by atoms with E-state index < -0.39 is 0 Å². The van der Waals surface area contributed by atoms with E-state index in [9.17, 15) is 9.18 Å². The number of hydrogen-bond donors (Lipinski definition) is 1. The van der Waals surface area contributed by atoms with Crippen LogP contribution < -0.4 is 10.2 Å². The number of benzene rings is 2. The number of nitrogens with zero attached hydrogens (tertiary/aromatic N) is 2. The highest BCUT2D eigenvalue weighted by atomic mass is 19.1. The first-order chi connectivity index (χ1) is 12.6. The zero-order valence-electron chi connectivity index (χ0n) is 15.4. The maximum atomic E-state index is 13.0. The molecule has 3 rings (SSSR count). The first kappa shape index (κ1) is 18.2. The van der Waals surface area contributed by atoms with Crippen molar-refractivity contribution in [3.8, 4) is 0 Å². The number of urea groups is 1. The van der Waals surface area contributed by atoms with E-state index in [2.05, 4.69) is 41.4 Å². The number of carbonyl (C=O) groups excluding carboxylic acids is 1. The molecule has 2 aromatic carbocycles. The molecule has 4 nitrogen and oxygen atoms in total. The summed E-state index contributed by atoms with van der Waals surface area (Å²) in [5, 5.41) is 3.08. The second kappa shape index (κ2) is 8.21. The fraction of sp³-hybridized carbons (Fsp3) is 0.381. The molecule has 1 unspecified atom stereocenters. The number of hydrogen-bond acceptors (Lipinski definition) is 2. The summed E-state index contributed by atoms with van der Waals surface area (Å²) in [6.07, 6.45) is 1.01. The average Bonchev–Trinajstić information content (AvgIpc) is 2.68. The fourth-order valence-corrected chi connectivity index (χ4v) is 3.22. The Labute approximate surface area is 154 Å². The van der Waals surface area contributed by atoms with Crippen LogP contribution in [0.1, 0.15) is 31.0 Å². The van der Waals surface area contributed by atoms with Gasteiger partial charge < -0.3 is 15.1 Å². The average molecular weight is 355 g/mol. The second-order valence-corrected chi connectivity index (χ2v) is 6.72. The molecular formula is C21H26FN3O. The van der Waals surface area contributed by atoms with Crippen LogP contribution in [0.3, 0.4) is 0 Å². The van der Waals surface area contributed by atoms with Crippen LogP contribution in [0.25, 0.3) is 0 Å². The van der Waals surface area contributed by atoms with E-state index in [1.54, 1.807) is 12.1 Å². The maximum Gasteiger partial charge on any atom is 0.317 e. The zero-order valence-corrected chi connectivity index (χ0v) is 15.4. The van der Waals surface area contributed by atoms with Crippen LogP contribution in [0.5, 0.6) is 0 Å². The number of amides is 2. The lowest BCUT2D eigenvalue weighted by Gasteiger charge is -2.36. The van der Waals surface area contributed by atoms with Crippen molar-refractivity contribution < 1.29 is 9.18 Å². The van der Waals surface area contributed by atoms with Gasteiger partial charge in [0, 0.05) is 31.9 Å². The molecule has 0 bridgehead atoms. The lowest BCUT2D eigenvalue weighted by Crippen LogP contribution is -2.52. The summed E-state index contributed by atoms with van der Waals surface area (Å²) in [6, 6.07) is 14.8. The van der Waals surface area contributed by atoms with Crippen LogP contribution in [-0.4, -0.2) is 37.1 Å². The summed E-state index contributed by atoms with van der Waals surface area (Å²) < 4.78 is 13.0. The Hall–Kier alpha value is -2.56. The molecule has 0 spiro atoms. The van der Waals surface area contributed by atoms with Crippen LogP contribution in [0.2, 0.25) is 0 Å². The normalized spacial score (nSPS) is 15.7. The molecule has 1 heterocycles. The van der Waals surface area contributed by atoms with Gasteiger partial charge >= 0.3 is 6.03 Å². The number of rotatable bonds is 4. The predicted molar refractivity (Wildman–Crippen MR) is 103 cm³/mol. The number of anilines is 1. The van der Waals surface area contributed by atoms with E-state index in [-0.39, 0.29) is 17.9 Å². The Morgan fingerprint density at radius 2 is 1.65 bits per heavy atom. The quantitative estimate of drug-likeness (QED) is 0.900. The molecule has 1 fully saturated rings. The molecule has 0 aliphatic carbocycles. The minimum absolute atomic E-state index is 0.0245. The zero-order chi connectivity index (χ0) is 18.5. The van der Waals surface area contributed by atoms with Crippen LogP contribution >= 0.6 is 0 Å². The molecule has 2 amide bonds. The Morgan fingerprint density at radius 1 is 1.04 bits per heavy atom. The van der Waals surface area contributed by atoms with Crippen LogP contribution in [0, 0.1) is 5.82 Å². The molecule has 1 saturated heterocycles. The number of piperazine rings is 1. The Morgan fingerprint density at radius 3 is 2.23 bits per heavy atom. The fourth-order valence-electron chi connectivity index (χ4n) is 3.22. The van der Waals surface area contributed by atoms with Gasteiger partial charge in [0.15, 0.2) is 0 Å². The lowest BCUT2D eigenvalue weighted by atomic mass is 10.1. The van der Waals surface area contributed by atoms with Gasteiger partial charge in [-0.15, -0.1) is 0 Å². The molecular weight excluding hydrogens is 329 g/mol. The molecule has 1 aliphatic rings. The second-order valence-electron chi connectivity index (χ2n) is 6.72. The molecule has 5 heteroatoms. The minimum atomic E-state index is -0.229. The predicted octanol–water partition coefficient (Wildman–Crippen LogP) is 3.98. The van der Waals surface area contributed by atoms with Gasteiger partial charge in [0.25, 0.3) is 0 Å². The Balaban J connectivity index is 1.52. The summed E-state index contributed by atoms with van der Waals surface area (Å²) in [4.78, 5) is 16.6. The van der Waals surface area contributed by atoms with Gasteiger partial charge in [-0.25, -0.2) is 9.18 Å². The van der Waals surface area contributed by atoms with Crippen molar-refractivity contribution in [3.05, 3.63) is 65.5 Å². The molecule has 1 aliphatic heterocycles. The molecule has 1 N–H and O–H groups in total. The third-order valence-corrected chi connectivity index (χ3v) is 4.99. The Bertz CT molecular complexity index is 722. The first-order valence-corrected chi connectivity index (χ1v) is 9.21. The van der Waals surface area contributed by atoms with Crippen molar-refractivity contribution in [3.63, 3.8) is 0 Å². The van der Waals surface area contributed by atoms with Crippen molar-refractivity contribution in [2.24, 2.45) is 0 Å². The lowest BCUT2D eigenvalue weighted by molar-refractivity contribution is 0.191. The van der Waals surface area contributed by atoms with E-state index in [1.165, 1.54) is 17.7 Å². The van der Waals surface area contributed by atoms with Crippen molar-refractivity contribution >= 4 is 11.7 Å². The van der Waals surface area contributed by atoms with E-state index >= 15 is 0 Å². The number of nitrogens with one attached hydrogen (secondary N) is 1. The van der Waals surface area contributed by atoms with Crippen LogP contribution in [0.4, 0.5) is 14.9 Å². The largest absolute Gasteiger partial charge is 0.368 e. The smallest absolute Gasteiger partial charge is 0.317 e. The molecule has 0 saturated carbocycles. The van der Waals surface area contributed by atoms with Crippen LogP contribution in [0.15, 0.2) is 48.5 Å². The summed E-state index contributed by atoms with van der Waals surface area (Å²) in [5.74, 6) is -0.229. The molecule has 138 valence electrons. The van der Waals surface area contributed by atoms with Gasteiger partial charge in [-0.05, 0) is 48.7 Å².